The highest BCUT2D eigenvalue weighted by Gasteiger charge is 2.24. The molecule has 1 heterocycles. The molecule has 0 fully saturated rings. The Morgan fingerprint density at radius 3 is 1.27 bits per heavy atom. The molecule has 0 spiro atoms. The summed E-state index contributed by atoms with van der Waals surface area (Å²) >= 11 is 0. The number of rotatable bonds is 22. The number of hydrogen-bond acceptors (Lipinski definition) is 2. The lowest BCUT2D eigenvalue weighted by atomic mass is 10.1. The van der Waals surface area contributed by atoms with E-state index in [0.717, 1.165) is 0 Å². The van der Waals surface area contributed by atoms with E-state index in [-0.39, 0.29) is 0 Å². The number of nitrogens with zero attached hydrogens (tertiary/aromatic N) is 2. The molecule has 0 amide bonds. The molecule has 0 aliphatic carbocycles. The Hall–Kier alpha value is -0.660. The average Bonchev–Trinajstić information content (AvgIpc) is 3.14. The lowest BCUT2D eigenvalue weighted by molar-refractivity contribution is 0.136. The summed E-state index contributed by atoms with van der Waals surface area (Å²) in [6.07, 6.45) is 33.6. The first-order chi connectivity index (χ1) is 14.8. The molecule has 0 saturated carbocycles. The van der Waals surface area contributed by atoms with Crippen molar-refractivity contribution in [3.8, 4) is 0 Å². The minimum absolute atomic E-state index is 0.644. The molecule has 1 atom stereocenters. The fourth-order valence-corrected chi connectivity index (χ4v) is 4.75. The van der Waals surface area contributed by atoms with Crippen LogP contribution >= 0.6 is 0 Å². The molecule has 0 radical (unpaired) electrons. The SMILES string of the molecule is CCCCCCCCCCCC1N(CCCC)C=CN1CCCCCCCCCC. The highest BCUT2D eigenvalue weighted by Crippen LogP contribution is 2.23. The molecule has 1 aliphatic heterocycles. The van der Waals surface area contributed by atoms with E-state index in [1.807, 2.05) is 0 Å². The van der Waals surface area contributed by atoms with Gasteiger partial charge in [-0.3, -0.25) is 0 Å². The summed E-state index contributed by atoms with van der Waals surface area (Å²) in [4.78, 5) is 5.30. The van der Waals surface area contributed by atoms with Crippen LogP contribution < -0.4 is 0 Å². The maximum absolute atomic E-state index is 2.66. The van der Waals surface area contributed by atoms with Crippen molar-refractivity contribution in [2.45, 2.75) is 155 Å². The summed E-state index contributed by atoms with van der Waals surface area (Å²) in [5.41, 5.74) is 0. The zero-order valence-corrected chi connectivity index (χ0v) is 21.2. The summed E-state index contributed by atoms with van der Waals surface area (Å²) in [5.74, 6) is 0. The molecule has 1 rings (SSSR count). The van der Waals surface area contributed by atoms with E-state index in [4.69, 9.17) is 0 Å². The largest absolute Gasteiger partial charge is 0.356 e. The van der Waals surface area contributed by atoms with E-state index < -0.39 is 0 Å². The molecule has 30 heavy (non-hydrogen) atoms. The highest BCUT2D eigenvalue weighted by atomic mass is 15.4. The van der Waals surface area contributed by atoms with Gasteiger partial charge >= 0.3 is 0 Å². The van der Waals surface area contributed by atoms with E-state index in [9.17, 15) is 0 Å². The van der Waals surface area contributed by atoms with E-state index >= 15 is 0 Å². The van der Waals surface area contributed by atoms with Gasteiger partial charge in [0.1, 0.15) is 6.17 Å². The second kappa shape index (κ2) is 20.3. The summed E-state index contributed by atoms with van der Waals surface area (Å²) in [6, 6.07) is 0. The minimum Gasteiger partial charge on any atom is -0.356 e. The molecule has 178 valence electrons. The zero-order valence-electron chi connectivity index (χ0n) is 21.2. The van der Waals surface area contributed by atoms with Crippen LogP contribution in [0.2, 0.25) is 0 Å². The molecule has 0 N–H and O–H groups in total. The van der Waals surface area contributed by atoms with Crippen LogP contribution in [0.5, 0.6) is 0 Å². The van der Waals surface area contributed by atoms with Gasteiger partial charge in [0, 0.05) is 25.5 Å². The molecule has 0 aromatic carbocycles. The summed E-state index contributed by atoms with van der Waals surface area (Å²) in [5, 5.41) is 0. The monoisotopic (exact) mass is 420 g/mol. The van der Waals surface area contributed by atoms with Gasteiger partial charge in [0.15, 0.2) is 0 Å². The van der Waals surface area contributed by atoms with Crippen LogP contribution in [0.1, 0.15) is 149 Å². The van der Waals surface area contributed by atoms with Crippen molar-refractivity contribution in [2.24, 2.45) is 0 Å². The van der Waals surface area contributed by atoms with Gasteiger partial charge in [0.25, 0.3) is 0 Å². The summed E-state index contributed by atoms with van der Waals surface area (Å²) in [6.45, 7) is 9.42. The Morgan fingerprint density at radius 1 is 0.433 bits per heavy atom. The van der Waals surface area contributed by atoms with Gasteiger partial charge in [0.05, 0.1) is 0 Å². The van der Waals surface area contributed by atoms with Crippen molar-refractivity contribution in [3.63, 3.8) is 0 Å². The number of unbranched alkanes of at least 4 members (excludes halogenated alkanes) is 16. The standard InChI is InChI=1S/C28H56N2/c1-4-7-10-12-14-16-17-19-21-23-28-29(24-9-6-3)26-27-30(28)25-22-20-18-15-13-11-8-5-2/h26-28H,4-25H2,1-3H3. The van der Waals surface area contributed by atoms with Gasteiger partial charge in [-0.05, 0) is 25.7 Å². The Bertz CT molecular complexity index is 379. The van der Waals surface area contributed by atoms with Crippen molar-refractivity contribution in [3.05, 3.63) is 12.4 Å². The fourth-order valence-electron chi connectivity index (χ4n) is 4.75. The topological polar surface area (TPSA) is 6.48 Å². The smallest absolute Gasteiger partial charge is 0.101 e. The van der Waals surface area contributed by atoms with Gasteiger partial charge in [-0.2, -0.15) is 0 Å². The van der Waals surface area contributed by atoms with Crippen molar-refractivity contribution in [1.29, 1.82) is 0 Å². The molecule has 1 aliphatic rings. The highest BCUT2D eigenvalue weighted by molar-refractivity contribution is 4.96. The quantitative estimate of drug-likeness (QED) is 0.161. The Balaban J connectivity index is 2.18. The van der Waals surface area contributed by atoms with Crippen LogP contribution in [-0.2, 0) is 0 Å². The Morgan fingerprint density at radius 2 is 0.800 bits per heavy atom. The van der Waals surface area contributed by atoms with Crippen LogP contribution in [0.25, 0.3) is 0 Å². The van der Waals surface area contributed by atoms with Crippen LogP contribution in [0.4, 0.5) is 0 Å². The van der Waals surface area contributed by atoms with Crippen molar-refractivity contribution >= 4 is 0 Å². The van der Waals surface area contributed by atoms with Crippen LogP contribution in [-0.4, -0.2) is 29.1 Å². The third-order valence-electron chi connectivity index (χ3n) is 6.82. The normalized spacial score (nSPS) is 16.2. The molecule has 2 heteroatoms. The lowest BCUT2D eigenvalue weighted by Crippen LogP contribution is -2.39. The van der Waals surface area contributed by atoms with Crippen LogP contribution in [0.3, 0.4) is 0 Å². The number of hydrogen-bond donors (Lipinski definition) is 0. The van der Waals surface area contributed by atoms with E-state index in [1.54, 1.807) is 0 Å². The first-order valence-corrected chi connectivity index (χ1v) is 14.0. The van der Waals surface area contributed by atoms with E-state index in [0.29, 0.717) is 6.17 Å². The van der Waals surface area contributed by atoms with Gasteiger partial charge < -0.3 is 9.80 Å². The van der Waals surface area contributed by atoms with Gasteiger partial charge in [-0.1, -0.05) is 124 Å². The van der Waals surface area contributed by atoms with Crippen LogP contribution in [0, 0.1) is 0 Å². The summed E-state index contributed by atoms with van der Waals surface area (Å²) < 4.78 is 0. The molecular weight excluding hydrogens is 364 g/mol. The van der Waals surface area contributed by atoms with Crippen LogP contribution in [0.15, 0.2) is 12.4 Å². The van der Waals surface area contributed by atoms with Crippen molar-refractivity contribution in [2.75, 3.05) is 13.1 Å². The maximum atomic E-state index is 2.66. The predicted octanol–water partition coefficient (Wildman–Crippen LogP) is 9.26. The van der Waals surface area contributed by atoms with Gasteiger partial charge in [0.2, 0.25) is 0 Å². The van der Waals surface area contributed by atoms with E-state index in [1.165, 1.54) is 142 Å². The van der Waals surface area contributed by atoms with Crippen molar-refractivity contribution < 1.29 is 0 Å². The third kappa shape index (κ3) is 13.6. The average molecular weight is 421 g/mol. The zero-order chi connectivity index (χ0) is 21.7. The molecule has 2 nitrogen and oxygen atoms in total. The minimum atomic E-state index is 0.644. The third-order valence-corrected chi connectivity index (χ3v) is 6.82. The second-order valence-electron chi connectivity index (χ2n) is 9.70. The predicted molar refractivity (Wildman–Crippen MR) is 136 cm³/mol. The molecule has 0 aromatic rings. The van der Waals surface area contributed by atoms with Gasteiger partial charge in [-0.15, -0.1) is 0 Å². The first kappa shape index (κ1) is 27.4. The molecule has 0 bridgehead atoms. The molecule has 1 unspecified atom stereocenters. The second-order valence-corrected chi connectivity index (χ2v) is 9.70. The lowest BCUT2D eigenvalue weighted by Gasteiger charge is -2.33. The molecule has 0 aromatic heterocycles. The molecular formula is C28H56N2. The fraction of sp³-hybridized carbons (Fsp3) is 0.929. The molecule has 0 saturated heterocycles. The van der Waals surface area contributed by atoms with Gasteiger partial charge in [-0.25, -0.2) is 0 Å². The van der Waals surface area contributed by atoms with E-state index in [2.05, 4.69) is 43.0 Å². The first-order valence-electron chi connectivity index (χ1n) is 14.0. The summed E-state index contributed by atoms with van der Waals surface area (Å²) in [7, 11) is 0. The Labute approximate surface area is 190 Å². The maximum Gasteiger partial charge on any atom is 0.101 e. The Kier molecular flexibility index (Phi) is 18.5. The van der Waals surface area contributed by atoms with Crippen molar-refractivity contribution in [1.82, 2.24) is 9.80 Å².